The van der Waals surface area contributed by atoms with Gasteiger partial charge in [0.15, 0.2) is 0 Å². The van der Waals surface area contributed by atoms with Gasteiger partial charge in [-0.2, -0.15) is 0 Å². The number of amidine groups is 1. The normalized spacial score (nSPS) is 15.6. The van der Waals surface area contributed by atoms with Crippen LogP contribution in [0.2, 0.25) is 0 Å². The Balaban J connectivity index is 1.05. The van der Waals surface area contributed by atoms with Crippen molar-refractivity contribution in [3.8, 4) is 22.3 Å². The topological polar surface area (TPSA) is 40.5 Å². The minimum absolute atomic E-state index is 0.0690. The van der Waals surface area contributed by atoms with Crippen LogP contribution in [0.3, 0.4) is 0 Å². The first kappa shape index (κ1) is 30.6. The summed E-state index contributed by atoms with van der Waals surface area (Å²) in [5.74, 6) is 0.877. The van der Waals surface area contributed by atoms with E-state index in [0.717, 1.165) is 45.4 Å². The predicted molar refractivity (Wildman–Crippen MR) is 220 cm³/mol. The Bertz CT molecular complexity index is 2700. The van der Waals surface area contributed by atoms with Crippen LogP contribution in [-0.4, -0.2) is 10.8 Å². The van der Waals surface area contributed by atoms with Gasteiger partial charge in [0.1, 0.15) is 11.9 Å². The van der Waals surface area contributed by atoms with Crippen LogP contribution in [0.25, 0.3) is 22.3 Å². The maximum absolute atomic E-state index is 5.26. The summed E-state index contributed by atoms with van der Waals surface area (Å²) in [7, 11) is 0. The van der Waals surface area contributed by atoms with E-state index in [9.17, 15) is 0 Å². The largest absolute Gasteiger partial charge is 0.340 e. The molecule has 254 valence electrons. The molecule has 11 rings (SSSR count). The molecule has 1 unspecified atom stereocenters. The van der Waals surface area contributed by atoms with E-state index in [1.807, 2.05) is 6.20 Å². The first-order chi connectivity index (χ1) is 26.8. The number of rotatable bonds is 4. The number of benzene rings is 7. The second kappa shape index (κ2) is 12.0. The van der Waals surface area contributed by atoms with Crippen molar-refractivity contribution in [2.45, 2.75) is 11.5 Å². The number of hydrogen-bond acceptors (Lipinski definition) is 4. The molecular formula is C50H34N4. The molecule has 0 bridgehead atoms. The molecule has 1 aromatic heterocycles. The fourth-order valence-corrected chi connectivity index (χ4v) is 9.03. The highest BCUT2D eigenvalue weighted by molar-refractivity contribution is 6.10. The van der Waals surface area contributed by atoms with Gasteiger partial charge in [0, 0.05) is 34.3 Å². The number of para-hydroxylation sites is 4. The molecule has 0 saturated heterocycles. The summed E-state index contributed by atoms with van der Waals surface area (Å²) >= 11 is 0. The van der Waals surface area contributed by atoms with Crippen LogP contribution in [0.4, 0.5) is 22.7 Å². The third kappa shape index (κ3) is 4.44. The number of aliphatic imine (C=N–C) groups is 1. The molecule has 54 heavy (non-hydrogen) atoms. The van der Waals surface area contributed by atoms with E-state index in [4.69, 9.17) is 9.98 Å². The number of hydrogen-bond donors (Lipinski definition) is 1. The average Bonchev–Trinajstić information content (AvgIpc) is 3.54. The number of nitrogens with zero attached hydrogens (tertiary/aromatic N) is 3. The van der Waals surface area contributed by atoms with Crippen molar-refractivity contribution in [3.63, 3.8) is 0 Å². The summed E-state index contributed by atoms with van der Waals surface area (Å²) in [5, 5.41) is 3.63. The summed E-state index contributed by atoms with van der Waals surface area (Å²) in [6.45, 7) is 0. The van der Waals surface area contributed by atoms with Crippen molar-refractivity contribution in [2.75, 3.05) is 10.2 Å². The van der Waals surface area contributed by atoms with Gasteiger partial charge >= 0.3 is 0 Å². The lowest BCUT2D eigenvalue weighted by atomic mass is 9.66. The molecule has 0 amide bonds. The van der Waals surface area contributed by atoms with E-state index in [1.54, 1.807) is 0 Å². The van der Waals surface area contributed by atoms with Gasteiger partial charge in [0.2, 0.25) is 0 Å². The zero-order valence-corrected chi connectivity index (χ0v) is 29.4. The first-order valence-corrected chi connectivity index (χ1v) is 18.5. The van der Waals surface area contributed by atoms with Crippen LogP contribution in [0.15, 0.2) is 199 Å². The van der Waals surface area contributed by atoms with Crippen molar-refractivity contribution >= 4 is 28.6 Å². The lowest BCUT2D eigenvalue weighted by Crippen LogP contribution is -2.36. The molecule has 1 N–H and O–H groups in total. The van der Waals surface area contributed by atoms with Crippen molar-refractivity contribution in [1.82, 2.24) is 4.98 Å². The van der Waals surface area contributed by atoms with Crippen molar-refractivity contribution in [2.24, 2.45) is 4.99 Å². The molecule has 2 aliphatic heterocycles. The van der Waals surface area contributed by atoms with E-state index in [0.29, 0.717) is 0 Å². The van der Waals surface area contributed by atoms with Crippen LogP contribution in [0.1, 0.15) is 45.1 Å². The summed E-state index contributed by atoms with van der Waals surface area (Å²) < 4.78 is 0. The fourth-order valence-electron chi connectivity index (χ4n) is 9.03. The second-order valence-corrected chi connectivity index (χ2v) is 14.2. The Kier molecular flexibility index (Phi) is 6.80. The van der Waals surface area contributed by atoms with Gasteiger partial charge in [-0.3, -0.25) is 9.98 Å². The number of anilines is 4. The Labute approximate surface area is 314 Å². The molecule has 1 spiro atoms. The molecule has 4 heteroatoms. The second-order valence-electron chi connectivity index (χ2n) is 14.2. The molecule has 1 atom stereocenters. The molecule has 3 heterocycles. The third-order valence-electron chi connectivity index (χ3n) is 11.4. The van der Waals surface area contributed by atoms with Gasteiger partial charge in [-0.1, -0.05) is 146 Å². The predicted octanol–water partition coefficient (Wildman–Crippen LogP) is 11.9. The monoisotopic (exact) mass is 690 g/mol. The van der Waals surface area contributed by atoms with E-state index >= 15 is 0 Å². The number of pyridine rings is 1. The first-order valence-electron chi connectivity index (χ1n) is 18.5. The highest BCUT2D eigenvalue weighted by atomic mass is 15.2. The van der Waals surface area contributed by atoms with Gasteiger partial charge in [0.05, 0.1) is 22.5 Å². The maximum Gasteiger partial charge on any atom is 0.133 e. The average molecular weight is 691 g/mol. The van der Waals surface area contributed by atoms with Gasteiger partial charge < -0.3 is 10.2 Å². The molecule has 0 saturated carbocycles. The van der Waals surface area contributed by atoms with Crippen molar-refractivity contribution in [3.05, 3.63) is 233 Å². The number of nitrogens with one attached hydrogen (secondary N) is 1. The summed E-state index contributed by atoms with van der Waals surface area (Å²) in [6.07, 6.45) is 1.95. The van der Waals surface area contributed by atoms with Crippen LogP contribution < -0.4 is 10.2 Å². The lowest BCUT2D eigenvalue weighted by molar-refractivity contribution is 0.725. The minimum Gasteiger partial charge on any atom is -0.340 e. The summed E-state index contributed by atoms with van der Waals surface area (Å²) in [6, 6.07) is 67.5. The minimum atomic E-state index is -0.596. The van der Waals surface area contributed by atoms with E-state index in [-0.39, 0.29) is 6.04 Å². The Morgan fingerprint density at radius 1 is 0.500 bits per heavy atom. The lowest BCUT2D eigenvalue weighted by Gasteiger charge is -2.44. The smallest absolute Gasteiger partial charge is 0.133 e. The van der Waals surface area contributed by atoms with Crippen LogP contribution >= 0.6 is 0 Å². The molecule has 4 nitrogen and oxygen atoms in total. The number of fused-ring (bicyclic) bond motifs is 10. The molecule has 8 aromatic rings. The van der Waals surface area contributed by atoms with Crippen LogP contribution in [0.5, 0.6) is 0 Å². The molecule has 7 aromatic carbocycles. The maximum atomic E-state index is 5.26. The summed E-state index contributed by atoms with van der Waals surface area (Å²) in [5.41, 5.74) is 16.9. The van der Waals surface area contributed by atoms with Crippen molar-refractivity contribution in [1.29, 1.82) is 0 Å². The molecular weight excluding hydrogens is 657 g/mol. The standard InChI is InChI=1S/C50H34N4/c1-3-14-34(15-4-1)47-40-18-7-10-22-44(40)52-49(53-47)35-27-25-33(26-28-35)36-29-30-38-39-19-13-31-51-48(39)50(43(38)32-36)41-20-8-11-23-45(41)54(37-16-5-2-6-17-37)46-24-12-9-21-42(46)50/h1-32,47H,(H,52,53). The quantitative estimate of drug-likeness (QED) is 0.200. The zero-order chi connectivity index (χ0) is 35.6. The van der Waals surface area contributed by atoms with E-state index < -0.39 is 5.41 Å². The fraction of sp³-hybridized carbons (Fsp3) is 0.0400. The van der Waals surface area contributed by atoms with E-state index in [2.05, 4.69) is 198 Å². The van der Waals surface area contributed by atoms with Crippen LogP contribution in [0, 0.1) is 0 Å². The SMILES string of the molecule is c1ccc(C2N=C(c3ccc(-c4ccc5c(c4)C4(c6ccccc6N(c6ccccc6)c6ccccc64)c4ncccc4-5)cc3)Nc3ccccc32)cc1. The Morgan fingerprint density at radius 3 is 1.89 bits per heavy atom. The van der Waals surface area contributed by atoms with E-state index in [1.165, 1.54) is 44.5 Å². The number of aromatic nitrogens is 1. The van der Waals surface area contributed by atoms with Crippen LogP contribution in [-0.2, 0) is 5.41 Å². The Morgan fingerprint density at radius 2 is 1.13 bits per heavy atom. The van der Waals surface area contributed by atoms with Gasteiger partial charge in [-0.05, 0) is 81.4 Å². The molecule has 3 aliphatic rings. The molecule has 1 aliphatic carbocycles. The zero-order valence-electron chi connectivity index (χ0n) is 29.4. The van der Waals surface area contributed by atoms with Gasteiger partial charge in [-0.15, -0.1) is 0 Å². The van der Waals surface area contributed by atoms with Gasteiger partial charge in [0.25, 0.3) is 0 Å². The highest BCUT2D eigenvalue weighted by Gasteiger charge is 2.52. The molecule has 0 fully saturated rings. The summed E-state index contributed by atoms with van der Waals surface area (Å²) in [4.78, 5) is 12.9. The Hall–Kier alpha value is -7.04. The third-order valence-corrected chi connectivity index (χ3v) is 11.4. The molecule has 0 radical (unpaired) electrons. The highest BCUT2D eigenvalue weighted by Crippen LogP contribution is 2.63. The van der Waals surface area contributed by atoms with Gasteiger partial charge in [-0.25, -0.2) is 0 Å². The van der Waals surface area contributed by atoms with Crippen molar-refractivity contribution < 1.29 is 0 Å².